The third kappa shape index (κ3) is 4.47. The topological polar surface area (TPSA) is 35.2 Å². The maximum absolute atomic E-state index is 13.4. The van der Waals surface area contributed by atoms with Crippen molar-refractivity contribution in [1.82, 2.24) is 0 Å². The molecule has 0 amide bonds. The average Bonchev–Trinajstić information content (AvgIpc) is 2.24. The summed E-state index contributed by atoms with van der Waals surface area (Å²) in [5.41, 5.74) is 6.37. The van der Waals surface area contributed by atoms with Gasteiger partial charge in [-0.3, -0.25) is 0 Å². The number of halogens is 2. The first-order chi connectivity index (χ1) is 7.63. The molecule has 0 saturated carbocycles. The highest BCUT2D eigenvalue weighted by Crippen LogP contribution is 2.16. The zero-order valence-corrected chi connectivity index (χ0v) is 10.1. The van der Waals surface area contributed by atoms with E-state index in [4.69, 9.17) is 22.1 Å². The van der Waals surface area contributed by atoms with E-state index in [1.165, 1.54) is 12.1 Å². The quantitative estimate of drug-likeness (QED) is 0.783. The number of hydrogen-bond acceptors (Lipinski definition) is 2. The summed E-state index contributed by atoms with van der Waals surface area (Å²) in [5, 5.41) is 0.526. The molecule has 2 nitrogen and oxygen atoms in total. The van der Waals surface area contributed by atoms with Gasteiger partial charge in [0.25, 0.3) is 0 Å². The lowest BCUT2D eigenvalue weighted by Gasteiger charge is -2.12. The summed E-state index contributed by atoms with van der Waals surface area (Å²) in [6.07, 6.45) is 1.40. The molecule has 1 unspecified atom stereocenters. The Kier molecular flexibility index (Phi) is 5.74. The highest BCUT2D eigenvalue weighted by Gasteiger charge is 2.09. The monoisotopic (exact) mass is 245 g/mol. The molecular weight excluding hydrogens is 229 g/mol. The summed E-state index contributed by atoms with van der Waals surface area (Å²) in [5.74, 6) is -0.268. The Morgan fingerprint density at radius 1 is 1.50 bits per heavy atom. The zero-order chi connectivity index (χ0) is 12.0. The second-order valence-corrected chi connectivity index (χ2v) is 4.21. The predicted molar refractivity (Wildman–Crippen MR) is 64.2 cm³/mol. The number of nitrogens with two attached hydrogens (primary N) is 1. The van der Waals surface area contributed by atoms with Crippen molar-refractivity contribution in [2.75, 3.05) is 13.2 Å². The van der Waals surface area contributed by atoms with Crippen molar-refractivity contribution in [3.63, 3.8) is 0 Å². The maximum atomic E-state index is 13.4. The Bertz CT molecular complexity index is 333. The first-order valence-corrected chi connectivity index (χ1v) is 5.78. The van der Waals surface area contributed by atoms with Crippen LogP contribution >= 0.6 is 11.6 Å². The van der Waals surface area contributed by atoms with Crippen LogP contribution in [0.5, 0.6) is 0 Å². The van der Waals surface area contributed by atoms with Crippen LogP contribution in [0.2, 0.25) is 5.02 Å². The Hall–Kier alpha value is -0.640. The predicted octanol–water partition coefficient (Wildman–Crippen LogP) is 2.78. The van der Waals surface area contributed by atoms with Gasteiger partial charge in [-0.25, -0.2) is 4.39 Å². The SMILES string of the molecule is CCCOCC(N)Cc1cc(Cl)ccc1F. The molecule has 2 N–H and O–H groups in total. The van der Waals surface area contributed by atoms with E-state index in [0.717, 1.165) is 6.42 Å². The van der Waals surface area contributed by atoms with Crippen LogP contribution in [0.25, 0.3) is 0 Å². The standard InChI is InChI=1S/C12H17ClFNO/c1-2-5-16-8-11(15)7-9-6-10(13)3-4-12(9)14/h3-4,6,11H,2,5,7-8,15H2,1H3. The smallest absolute Gasteiger partial charge is 0.126 e. The van der Waals surface area contributed by atoms with Crippen molar-refractivity contribution in [2.45, 2.75) is 25.8 Å². The molecule has 0 aliphatic carbocycles. The van der Waals surface area contributed by atoms with E-state index >= 15 is 0 Å². The molecule has 0 heterocycles. The van der Waals surface area contributed by atoms with Crippen LogP contribution in [-0.4, -0.2) is 19.3 Å². The molecule has 0 aliphatic rings. The van der Waals surface area contributed by atoms with Gasteiger partial charge >= 0.3 is 0 Å². The normalized spacial score (nSPS) is 12.8. The van der Waals surface area contributed by atoms with E-state index in [9.17, 15) is 4.39 Å². The molecule has 1 aromatic carbocycles. The van der Waals surface area contributed by atoms with Gasteiger partial charge in [-0.15, -0.1) is 0 Å². The van der Waals surface area contributed by atoms with Gasteiger partial charge in [0.1, 0.15) is 5.82 Å². The van der Waals surface area contributed by atoms with E-state index in [1.54, 1.807) is 6.07 Å². The van der Waals surface area contributed by atoms with Gasteiger partial charge in [0, 0.05) is 17.7 Å². The molecule has 16 heavy (non-hydrogen) atoms. The van der Waals surface area contributed by atoms with Gasteiger partial charge in [0.15, 0.2) is 0 Å². The van der Waals surface area contributed by atoms with Crippen molar-refractivity contribution in [1.29, 1.82) is 0 Å². The molecule has 0 fully saturated rings. The Morgan fingerprint density at radius 3 is 2.94 bits per heavy atom. The van der Waals surface area contributed by atoms with Crippen molar-refractivity contribution < 1.29 is 9.13 Å². The molecule has 90 valence electrons. The fourth-order valence-corrected chi connectivity index (χ4v) is 1.61. The molecule has 0 aliphatic heterocycles. The van der Waals surface area contributed by atoms with Crippen LogP contribution < -0.4 is 5.73 Å². The second-order valence-electron chi connectivity index (χ2n) is 3.77. The molecule has 1 aromatic rings. The minimum absolute atomic E-state index is 0.195. The third-order valence-corrected chi connectivity index (χ3v) is 2.41. The highest BCUT2D eigenvalue weighted by atomic mass is 35.5. The van der Waals surface area contributed by atoms with E-state index in [-0.39, 0.29) is 11.9 Å². The molecule has 4 heteroatoms. The summed E-state index contributed by atoms with van der Waals surface area (Å²) in [4.78, 5) is 0. The molecule has 0 saturated heterocycles. The fraction of sp³-hybridized carbons (Fsp3) is 0.500. The average molecular weight is 246 g/mol. The van der Waals surface area contributed by atoms with Gasteiger partial charge in [-0.1, -0.05) is 18.5 Å². The second kappa shape index (κ2) is 6.84. The van der Waals surface area contributed by atoms with Crippen molar-refractivity contribution in [2.24, 2.45) is 5.73 Å². The Balaban J connectivity index is 2.48. The molecule has 0 spiro atoms. The Labute approximate surface area is 101 Å². The lowest BCUT2D eigenvalue weighted by molar-refractivity contribution is 0.121. The first-order valence-electron chi connectivity index (χ1n) is 5.40. The first kappa shape index (κ1) is 13.4. The maximum Gasteiger partial charge on any atom is 0.126 e. The van der Waals surface area contributed by atoms with Crippen LogP contribution in [0.15, 0.2) is 18.2 Å². The van der Waals surface area contributed by atoms with E-state index in [0.29, 0.717) is 30.2 Å². The third-order valence-electron chi connectivity index (χ3n) is 2.17. The van der Waals surface area contributed by atoms with E-state index in [1.807, 2.05) is 6.92 Å². The molecule has 0 aromatic heterocycles. The van der Waals surface area contributed by atoms with Crippen molar-refractivity contribution in [3.8, 4) is 0 Å². The number of benzene rings is 1. The van der Waals surface area contributed by atoms with Gasteiger partial charge in [0.2, 0.25) is 0 Å². The summed E-state index contributed by atoms with van der Waals surface area (Å²) in [6, 6.07) is 4.30. The van der Waals surface area contributed by atoms with E-state index in [2.05, 4.69) is 0 Å². The number of rotatable bonds is 6. The minimum atomic E-state index is -0.268. The fourth-order valence-electron chi connectivity index (χ4n) is 1.42. The van der Waals surface area contributed by atoms with Crippen molar-refractivity contribution >= 4 is 11.6 Å². The number of ether oxygens (including phenoxy) is 1. The van der Waals surface area contributed by atoms with Crippen LogP contribution in [0.3, 0.4) is 0 Å². The van der Waals surface area contributed by atoms with Crippen LogP contribution in [0.4, 0.5) is 4.39 Å². The highest BCUT2D eigenvalue weighted by molar-refractivity contribution is 6.30. The van der Waals surface area contributed by atoms with Crippen LogP contribution in [0, 0.1) is 5.82 Å². The molecule has 0 radical (unpaired) electrons. The minimum Gasteiger partial charge on any atom is -0.380 e. The van der Waals surface area contributed by atoms with Gasteiger partial charge in [-0.2, -0.15) is 0 Å². The van der Waals surface area contributed by atoms with Crippen LogP contribution in [0.1, 0.15) is 18.9 Å². The number of hydrogen-bond donors (Lipinski definition) is 1. The van der Waals surface area contributed by atoms with Gasteiger partial charge < -0.3 is 10.5 Å². The lowest BCUT2D eigenvalue weighted by Crippen LogP contribution is -2.29. The lowest BCUT2D eigenvalue weighted by atomic mass is 10.1. The molecule has 0 bridgehead atoms. The summed E-state index contributed by atoms with van der Waals surface area (Å²) < 4.78 is 18.7. The van der Waals surface area contributed by atoms with Crippen molar-refractivity contribution in [3.05, 3.63) is 34.6 Å². The zero-order valence-electron chi connectivity index (χ0n) is 9.38. The van der Waals surface area contributed by atoms with Crippen LogP contribution in [-0.2, 0) is 11.2 Å². The van der Waals surface area contributed by atoms with Gasteiger partial charge in [0.05, 0.1) is 6.61 Å². The summed E-state index contributed by atoms with van der Waals surface area (Å²) >= 11 is 5.79. The summed E-state index contributed by atoms with van der Waals surface area (Å²) in [7, 11) is 0. The molecule has 1 atom stereocenters. The Morgan fingerprint density at radius 2 is 2.25 bits per heavy atom. The molecule has 1 rings (SSSR count). The molecular formula is C12H17ClFNO. The summed E-state index contributed by atoms with van der Waals surface area (Å²) in [6.45, 7) is 3.16. The van der Waals surface area contributed by atoms with Gasteiger partial charge in [-0.05, 0) is 36.6 Å². The van der Waals surface area contributed by atoms with E-state index < -0.39 is 0 Å². The largest absolute Gasteiger partial charge is 0.380 e.